The average molecular weight is 363 g/mol. The van der Waals surface area contributed by atoms with Gasteiger partial charge >= 0.3 is 0 Å². The molecular weight excluding hydrogens is 345 g/mol. The van der Waals surface area contributed by atoms with Crippen molar-refractivity contribution in [2.75, 3.05) is 5.73 Å². The number of amides is 1. The number of carbonyl (C=O) groups is 1. The van der Waals surface area contributed by atoms with Crippen LogP contribution < -0.4 is 11.1 Å². The van der Waals surface area contributed by atoms with Crippen LogP contribution in [0.5, 0.6) is 0 Å². The Bertz CT molecular complexity index is 1040. The second kappa shape index (κ2) is 6.35. The molecule has 1 atom stereocenters. The van der Waals surface area contributed by atoms with Gasteiger partial charge in [-0.05, 0) is 37.3 Å². The van der Waals surface area contributed by atoms with E-state index < -0.39 is 11.4 Å². The highest BCUT2D eigenvalue weighted by Crippen LogP contribution is 2.35. The number of halogens is 1. The number of nitrogens with two attached hydrogens (primary N) is 1. The van der Waals surface area contributed by atoms with Crippen molar-refractivity contribution in [3.8, 4) is 0 Å². The van der Waals surface area contributed by atoms with Gasteiger partial charge in [-0.25, -0.2) is 14.4 Å². The average Bonchev–Trinajstić information content (AvgIpc) is 3.12. The maximum absolute atomic E-state index is 14.5. The van der Waals surface area contributed by atoms with Crippen molar-refractivity contribution >= 4 is 17.6 Å². The zero-order chi connectivity index (χ0) is 19.0. The summed E-state index contributed by atoms with van der Waals surface area (Å²) in [6.45, 7) is 1.80. The number of nitrogens with zero attached hydrogens (tertiary/aromatic N) is 3. The Morgan fingerprint density at radius 1 is 1.26 bits per heavy atom. The first kappa shape index (κ1) is 17.0. The van der Waals surface area contributed by atoms with E-state index in [0.717, 1.165) is 0 Å². The number of imidazole rings is 1. The Labute approximate surface area is 155 Å². The number of nitrogen functional groups attached to an aromatic ring is 1. The first-order valence-corrected chi connectivity index (χ1v) is 8.51. The van der Waals surface area contributed by atoms with E-state index in [1.54, 1.807) is 54.2 Å². The van der Waals surface area contributed by atoms with Crippen LogP contribution in [0.2, 0.25) is 0 Å². The summed E-state index contributed by atoms with van der Waals surface area (Å²) in [7, 11) is 0. The van der Waals surface area contributed by atoms with E-state index >= 15 is 0 Å². The maximum atomic E-state index is 14.5. The van der Waals surface area contributed by atoms with Crippen molar-refractivity contribution in [2.24, 2.45) is 4.99 Å². The summed E-state index contributed by atoms with van der Waals surface area (Å²) < 4.78 is 16.2. The fourth-order valence-corrected chi connectivity index (χ4v) is 3.26. The minimum absolute atomic E-state index is 0.298. The summed E-state index contributed by atoms with van der Waals surface area (Å²) in [4.78, 5) is 21.6. The molecule has 27 heavy (non-hydrogen) atoms. The molecule has 0 fully saturated rings. The summed E-state index contributed by atoms with van der Waals surface area (Å²) in [5, 5.41) is 2.82. The number of aliphatic imine (C=N–C) groups is 1. The fourth-order valence-electron chi connectivity index (χ4n) is 3.26. The van der Waals surface area contributed by atoms with Gasteiger partial charge in [0.2, 0.25) is 5.96 Å². The van der Waals surface area contributed by atoms with Crippen LogP contribution >= 0.6 is 0 Å². The first-order valence-electron chi connectivity index (χ1n) is 8.51. The molecule has 2 heterocycles. The van der Waals surface area contributed by atoms with Gasteiger partial charge in [-0.15, -0.1) is 0 Å². The number of benzene rings is 2. The highest BCUT2D eigenvalue weighted by molar-refractivity contribution is 6.06. The molecule has 3 N–H and O–H groups in total. The number of fused-ring (bicyclic) bond motifs is 1. The van der Waals surface area contributed by atoms with Crippen LogP contribution in [-0.2, 0) is 12.0 Å². The molecule has 1 amide bonds. The lowest BCUT2D eigenvalue weighted by Gasteiger charge is -2.32. The zero-order valence-corrected chi connectivity index (χ0v) is 14.7. The molecule has 4 rings (SSSR count). The molecule has 0 aliphatic carbocycles. The Morgan fingerprint density at radius 2 is 2.04 bits per heavy atom. The third-order valence-corrected chi connectivity index (χ3v) is 4.63. The van der Waals surface area contributed by atoms with E-state index in [-0.39, 0.29) is 5.91 Å². The smallest absolute Gasteiger partial charge is 0.257 e. The van der Waals surface area contributed by atoms with Crippen LogP contribution in [0.15, 0.2) is 65.9 Å². The largest absolute Gasteiger partial charge is 0.399 e. The lowest BCUT2D eigenvalue weighted by atomic mass is 9.87. The highest BCUT2D eigenvalue weighted by atomic mass is 19.1. The van der Waals surface area contributed by atoms with Gasteiger partial charge in [0, 0.05) is 35.6 Å². The van der Waals surface area contributed by atoms with Crippen LogP contribution in [0, 0.1) is 5.82 Å². The number of anilines is 1. The standard InChI is InChI=1S/C20H18FN5O/c1-20(15-11-14(22)7-8-16(15)21)12-17-23-9-10-26(17)19(25-20)24-18(27)13-5-3-2-4-6-13/h2-11H,12,22H2,1H3,(H,24,25,27)/t20-/m0/s1. The number of aromatic nitrogens is 2. The molecule has 0 spiro atoms. The molecule has 1 aliphatic rings. The third-order valence-electron chi connectivity index (χ3n) is 4.63. The molecule has 136 valence electrons. The number of hydrogen-bond acceptors (Lipinski definition) is 4. The van der Waals surface area contributed by atoms with Crippen molar-refractivity contribution in [1.82, 2.24) is 14.9 Å². The molecule has 2 aromatic carbocycles. The maximum Gasteiger partial charge on any atom is 0.257 e. The van der Waals surface area contributed by atoms with Gasteiger partial charge in [-0.1, -0.05) is 18.2 Å². The van der Waals surface area contributed by atoms with Gasteiger partial charge in [0.05, 0.1) is 5.54 Å². The predicted molar refractivity (Wildman–Crippen MR) is 101 cm³/mol. The van der Waals surface area contributed by atoms with E-state index in [1.807, 2.05) is 6.07 Å². The molecule has 0 unspecified atom stereocenters. The monoisotopic (exact) mass is 363 g/mol. The SMILES string of the molecule is C[C@@]1(c2cc(N)ccc2F)Cc2nccn2C(NC(=O)c2ccccc2)=N1. The van der Waals surface area contributed by atoms with E-state index in [4.69, 9.17) is 5.73 Å². The predicted octanol–water partition coefficient (Wildman–Crippen LogP) is 2.71. The first-order chi connectivity index (χ1) is 13.0. The molecule has 0 saturated heterocycles. The molecule has 0 bridgehead atoms. The molecule has 1 aromatic heterocycles. The van der Waals surface area contributed by atoms with E-state index in [1.165, 1.54) is 12.1 Å². The highest BCUT2D eigenvalue weighted by Gasteiger charge is 2.36. The summed E-state index contributed by atoms with van der Waals surface area (Å²) >= 11 is 0. The molecule has 3 aromatic rings. The van der Waals surface area contributed by atoms with Gasteiger partial charge in [0.15, 0.2) is 0 Å². The van der Waals surface area contributed by atoms with Crippen LogP contribution in [-0.4, -0.2) is 21.4 Å². The second-order valence-electron chi connectivity index (χ2n) is 6.66. The van der Waals surface area contributed by atoms with Crippen molar-refractivity contribution < 1.29 is 9.18 Å². The molecule has 0 saturated carbocycles. The van der Waals surface area contributed by atoms with Crippen molar-refractivity contribution in [2.45, 2.75) is 18.9 Å². The topological polar surface area (TPSA) is 85.3 Å². The molecular formula is C20H18FN5O. The number of rotatable bonds is 2. The minimum Gasteiger partial charge on any atom is -0.399 e. The quantitative estimate of drug-likeness (QED) is 0.687. The fraction of sp³-hybridized carbons (Fsp3) is 0.150. The van der Waals surface area contributed by atoms with Crippen LogP contribution in [0.1, 0.15) is 28.7 Å². The van der Waals surface area contributed by atoms with E-state index in [0.29, 0.717) is 35.0 Å². The third kappa shape index (κ3) is 3.08. The van der Waals surface area contributed by atoms with Crippen LogP contribution in [0.25, 0.3) is 0 Å². The van der Waals surface area contributed by atoms with E-state index in [9.17, 15) is 9.18 Å². The Kier molecular flexibility index (Phi) is 3.99. The van der Waals surface area contributed by atoms with Crippen molar-refractivity contribution in [1.29, 1.82) is 0 Å². The second-order valence-corrected chi connectivity index (χ2v) is 6.66. The van der Waals surface area contributed by atoms with Gasteiger partial charge in [0.1, 0.15) is 11.6 Å². The summed E-state index contributed by atoms with van der Waals surface area (Å²) in [6, 6.07) is 13.2. The van der Waals surface area contributed by atoms with Gasteiger partial charge in [-0.2, -0.15) is 0 Å². The minimum atomic E-state index is -0.944. The lowest BCUT2D eigenvalue weighted by Crippen LogP contribution is -2.43. The van der Waals surface area contributed by atoms with Crippen molar-refractivity contribution in [3.05, 3.63) is 83.7 Å². The van der Waals surface area contributed by atoms with Gasteiger partial charge < -0.3 is 5.73 Å². The Hall–Kier alpha value is -3.48. The summed E-state index contributed by atoms with van der Waals surface area (Å²) in [5.41, 5.74) is 6.23. The number of carbonyl (C=O) groups excluding carboxylic acids is 1. The zero-order valence-electron chi connectivity index (χ0n) is 14.7. The lowest BCUT2D eigenvalue weighted by molar-refractivity contribution is 0.0975. The molecule has 7 heteroatoms. The molecule has 0 radical (unpaired) electrons. The van der Waals surface area contributed by atoms with Gasteiger partial charge in [-0.3, -0.25) is 14.7 Å². The molecule has 1 aliphatic heterocycles. The summed E-state index contributed by atoms with van der Waals surface area (Å²) in [5.74, 6) is 0.278. The normalized spacial score (nSPS) is 18.5. The van der Waals surface area contributed by atoms with Crippen LogP contribution in [0.3, 0.4) is 0 Å². The van der Waals surface area contributed by atoms with E-state index in [2.05, 4.69) is 15.3 Å². The molecule has 6 nitrogen and oxygen atoms in total. The number of hydrogen-bond donors (Lipinski definition) is 2. The van der Waals surface area contributed by atoms with Gasteiger partial charge in [0.25, 0.3) is 5.91 Å². The Balaban J connectivity index is 1.76. The summed E-state index contributed by atoms with van der Waals surface area (Å²) in [6.07, 6.45) is 3.72. The van der Waals surface area contributed by atoms with Crippen molar-refractivity contribution in [3.63, 3.8) is 0 Å². The number of nitrogens with one attached hydrogen (secondary N) is 1. The van der Waals surface area contributed by atoms with Crippen LogP contribution in [0.4, 0.5) is 10.1 Å². The Morgan fingerprint density at radius 3 is 2.81 bits per heavy atom.